The van der Waals surface area contributed by atoms with E-state index in [-0.39, 0.29) is 18.6 Å². The number of hydrogen-bond acceptors (Lipinski definition) is 8. The summed E-state index contributed by atoms with van der Waals surface area (Å²) in [6, 6.07) is 6.49. The molecule has 2 aromatic rings. The Kier molecular flexibility index (Phi) is 6.13. The number of carbonyl (C=O) groups is 2. The van der Waals surface area contributed by atoms with E-state index in [1.54, 1.807) is 25.1 Å². The summed E-state index contributed by atoms with van der Waals surface area (Å²) in [5.74, 6) is -0.387. The first kappa shape index (κ1) is 18.3. The molecule has 1 unspecified atom stereocenters. The average molecular weight is 377 g/mol. The largest absolute Gasteiger partial charge is 0.484 e. The van der Waals surface area contributed by atoms with Crippen LogP contribution in [0.2, 0.25) is 0 Å². The number of esters is 1. The number of carbonyl (C=O) groups excluding carboxylic acids is 2. The summed E-state index contributed by atoms with van der Waals surface area (Å²) in [4.78, 5) is 23.7. The van der Waals surface area contributed by atoms with Gasteiger partial charge in [-0.05, 0) is 38.0 Å². The highest BCUT2D eigenvalue weighted by Gasteiger charge is 2.22. The molecular formula is C17H19N3O5S. The van der Waals surface area contributed by atoms with Crippen molar-refractivity contribution < 1.29 is 23.8 Å². The Morgan fingerprint density at radius 2 is 2.27 bits per heavy atom. The van der Waals surface area contributed by atoms with Gasteiger partial charge in [0.15, 0.2) is 6.61 Å². The Labute approximate surface area is 154 Å². The van der Waals surface area contributed by atoms with Crippen LogP contribution in [0.1, 0.15) is 41.2 Å². The summed E-state index contributed by atoms with van der Waals surface area (Å²) in [5.41, 5.74) is 0.370. The van der Waals surface area contributed by atoms with Crippen LogP contribution in [0.3, 0.4) is 0 Å². The van der Waals surface area contributed by atoms with Crippen LogP contribution >= 0.6 is 11.3 Å². The molecule has 1 aliphatic heterocycles. The van der Waals surface area contributed by atoms with Gasteiger partial charge >= 0.3 is 5.97 Å². The van der Waals surface area contributed by atoms with Crippen LogP contribution in [0.4, 0.5) is 5.13 Å². The number of rotatable bonds is 7. The predicted octanol–water partition coefficient (Wildman–Crippen LogP) is 2.58. The Morgan fingerprint density at radius 1 is 1.38 bits per heavy atom. The fraction of sp³-hybridized carbons (Fsp3) is 0.412. The molecule has 0 saturated carbocycles. The van der Waals surface area contributed by atoms with E-state index in [0.29, 0.717) is 23.1 Å². The summed E-state index contributed by atoms with van der Waals surface area (Å²) in [5, 5.41) is 11.8. The van der Waals surface area contributed by atoms with Crippen LogP contribution in [0.5, 0.6) is 5.75 Å². The van der Waals surface area contributed by atoms with Crippen LogP contribution in [0, 0.1) is 0 Å². The van der Waals surface area contributed by atoms with E-state index in [1.807, 2.05) is 0 Å². The van der Waals surface area contributed by atoms with E-state index < -0.39 is 5.97 Å². The van der Waals surface area contributed by atoms with Crippen molar-refractivity contribution in [2.24, 2.45) is 0 Å². The van der Waals surface area contributed by atoms with E-state index in [4.69, 9.17) is 14.2 Å². The van der Waals surface area contributed by atoms with Gasteiger partial charge in [0, 0.05) is 6.61 Å². The maximum absolute atomic E-state index is 12.0. The van der Waals surface area contributed by atoms with Crippen molar-refractivity contribution in [1.82, 2.24) is 10.2 Å². The molecule has 0 radical (unpaired) electrons. The molecule has 26 heavy (non-hydrogen) atoms. The van der Waals surface area contributed by atoms with Gasteiger partial charge in [-0.1, -0.05) is 17.4 Å². The molecule has 1 aromatic carbocycles. The van der Waals surface area contributed by atoms with Gasteiger partial charge in [-0.15, -0.1) is 10.2 Å². The van der Waals surface area contributed by atoms with Crippen molar-refractivity contribution in [3.63, 3.8) is 0 Å². The van der Waals surface area contributed by atoms with Crippen molar-refractivity contribution in [3.05, 3.63) is 34.8 Å². The molecule has 1 saturated heterocycles. The zero-order chi connectivity index (χ0) is 18.4. The number of anilines is 1. The molecular weight excluding hydrogens is 358 g/mol. The molecule has 0 bridgehead atoms. The highest BCUT2D eigenvalue weighted by Crippen LogP contribution is 2.31. The fourth-order valence-corrected chi connectivity index (χ4v) is 3.26. The minimum absolute atomic E-state index is 0.0278. The van der Waals surface area contributed by atoms with E-state index in [9.17, 15) is 9.59 Å². The van der Waals surface area contributed by atoms with Crippen molar-refractivity contribution in [3.8, 4) is 5.75 Å². The quantitative estimate of drug-likeness (QED) is 0.740. The predicted molar refractivity (Wildman–Crippen MR) is 94.4 cm³/mol. The first-order valence-electron chi connectivity index (χ1n) is 8.30. The minimum atomic E-state index is -0.432. The van der Waals surface area contributed by atoms with E-state index in [1.165, 1.54) is 17.4 Å². The number of ether oxygens (including phenoxy) is 3. The van der Waals surface area contributed by atoms with Gasteiger partial charge in [0.2, 0.25) is 5.13 Å². The van der Waals surface area contributed by atoms with Gasteiger partial charge in [0.1, 0.15) is 16.9 Å². The Balaban J connectivity index is 1.51. The second-order valence-electron chi connectivity index (χ2n) is 5.53. The number of nitrogens with zero attached hydrogens (tertiary/aromatic N) is 2. The van der Waals surface area contributed by atoms with Gasteiger partial charge in [0.05, 0.1) is 12.2 Å². The maximum atomic E-state index is 12.0. The molecule has 1 aromatic heterocycles. The van der Waals surface area contributed by atoms with Crippen molar-refractivity contribution in [2.75, 3.05) is 25.1 Å². The van der Waals surface area contributed by atoms with Gasteiger partial charge in [-0.3, -0.25) is 10.1 Å². The Hall–Kier alpha value is -2.52. The zero-order valence-corrected chi connectivity index (χ0v) is 15.1. The standard InChI is InChI=1S/C17H19N3O5S/c1-2-23-16(22)11-5-3-6-12(9-11)25-10-14(21)18-17-20-19-15(26-17)13-7-4-8-24-13/h3,5-6,9,13H,2,4,7-8,10H2,1H3,(H,18,20,21). The number of nitrogens with one attached hydrogen (secondary N) is 1. The second-order valence-corrected chi connectivity index (χ2v) is 6.54. The molecule has 0 spiro atoms. The minimum Gasteiger partial charge on any atom is -0.484 e. The van der Waals surface area contributed by atoms with Crippen LogP contribution in [-0.2, 0) is 14.3 Å². The van der Waals surface area contributed by atoms with Gasteiger partial charge in [0.25, 0.3) is 5.91 Å². The van der Waals surface area contributed by atoms with Crippen LogP contribution in [0.25, 0.3) is 0 Å². The number of benzene rings is 1. The van der Waals surface area contributed by atoms with Crippen molar-refractivity contribution >= 4 is 28.3 Å². The maximum Gasteiger partial charge on any atom is 0.338 e. The summed E-state index contributed by atoms with van der Waals surface area (Å²) >= 11 is 1.30. The third kappa shape index (κ3) is 4.77. The monoisotopic (exact) mass is 377 g/mol. The first-order chi connectivity index (χ1) is 12.7. The normalized spacial score (nSPS) is 16.3. The van der Waals surface area contributed by atoms with E-state index in [0.717, 1.165) is 24.5 Å². The molecule has 1 aliphatic rings. The van der Waals surface area contributed by atoms with Gasteiger partial charge < -0.3 is 14.2 Å². The summed E-state index contributed by atoms with van der Waals surface area (Å²) in [7, 11) is 0. The lowest BCUT2D eigenvalue weighted by atomic mass is 10.2. The highest BCUT2D eigenvalue weighted by atomic mass is 32.1. The molecule has 8 nitrogen and oxygen atoms in total. The fourth-order valence-electron chi connectivity index (χ4n) is 2.42. The van der Waals surface area contributed by atoms with Gasteiger partial charge in [-0.25, -0.2) is 4.79 Å². The lowest BCUT2D eigenvalue weighted by Crippen LogP contribution is -2.20. The van der Waals surface area contributed by atoms with Crippen LogP contribution in [-0.4, -0.2) is 41.9 Å². The second kappa shape index (κ2) is 8.72. The zero-order valence-electron chi connectivity index (χ0n) is 14.3. The molecule has 0 aliphatic carbocycles. The number of aromatic nitrogens is 2. The Morgan fingerprint density at radius 3 is 3.04 bits per heavy atom. The molecule has 1 fully saturated rings. The van der Waals surface area contributed by atoms with Crippen LogP contribution in [0.15, 0.2) is 24.3 Å². The first-order valence-corrected chi connectivity index (χ1v) is 9.12. The summed E-state index contributed by atoms with van der Waals surface area (Å²) in [6.45, 7) is 2.55. The SMILES string of the molecule is CCOC(=O)c1cccc(OCC(=O)Nc2nnc(C3CCCO3)s2)c1. The Bertz CT molecular complexity index is 773. The molecule has 1 N–H and O–H groups in total. The molecule has 1 atom stereocenters. The van der Waals surface area contributed by atoms with E-state index in [2.05, 4.69) is 15.5 Å². The van der Waals surface area contributed by atoms with Crippen molar-refractivity contribution in [2.45, 2.75) is 25.9 Å². The third-order valence-corrected chi connectivity index (χ3v) is 4.54. The lowest BCUT2D eigenvalue weighted by Gasteiger charge is -2.07. The van der Waals surface area contributed by atoms with E-state index >= 15 is 0 Å². The van der Waals surface area contributed by atoms with Crippen molar-refractivity contribution in [1.29, 1.82) is 0 Å². The van der Waals surface area contributed by atoms with Gasteiger partial charge in [-0.2, -0.15) is 0 Å². The molecule has 1 amide bonds. The third-order valence-electron chi connectivity index (χ3n) is 3.61. The lowest BCUT2D eigenvalue weighted by molar-refractivity contribution is -0.118. The average Bonchev–Trinajstić information content (AvgIpc) is 3.32. The molecule has 9 heteroatoms. The number of hydrogen-bond donors (Lipinski definition) is 1. The molecule has 2 heterocycles. The smallest absolute Gasteiger partial charge is 0.338 e. The highest BCUT2D eigenvalue weighted by molar-refractivity contribution is 7.15. The summed E-state index contributed by atoms with van der Waals surface area (Å²) < 4.78 is 15.9. The number of amides is 1. The molecule has 138 valence electrons. The molecule has 3 rings (SSSR count). The van der Waals surface area contributed by atoms with Crippen LogP contribution < -0.4 is 10.1 Å². The topological polar surface area (TPSA) is 99.6 Å². The summed E-state index contributed by atoms with van der Waals surface area (Å²) in [6.07, 6.45) is 1.90.